The predicted molar refractivity (Wildman–Crippen MR) is 49.9 cm³/mol. The average molecular weight is 222 g/mol. The van der Waals surface area contributed by atoms with Gasteiger partial charge in [-0.3, -0.25) is 10.8 Å². The number of nitrogens with zero attached hydrogens (tertiary/aromatic N) is 1. The van der Waals surface area contributed by atoms with Crippen LogP contribution in [-0.2, 0) is 6.42 Å². The number of halogens is 3. The lowest BCUT2D eigenvalue weighted by atomic mass is 10.1. The summed E-state index contributed by atoms with van der Waals surface area (Å²) in [6.45, 7) is 0. The molecule has 1 rings (SSSR count). The quantitative estimate of drug-likeness (QED) is 0.458. The van der Waals surface area contributed by atoms with Gasteiger partial charge in [0.15, 0.2) is 0 Å². The van der Waals surface area contributed by atoms with Crippen molar-refractivity contribution in [2.45, 2.75) is 17.8 Å². The predicted octanol–water partition coefficient (Wildman–Crippen LogP) is 1.29. The van der Waals surface area contributed by atoms with Gasteiger partial charge in [0.25, 0.3) is 0 Å². The third kappa shape index (κ3) is 3.17. The van der Waals surface area contributed by atoms with Crippen LogP contribution < -0.4 is 11.3 Å². The molecule has 0 aliphatic heterocycles. The number of pyridine rings is 1. The molecule has 1 unspecified atom stereocenters. The molecule has 78 valence electrons. The molecule has 3 nitrogen and oxygen atoms in total. The van der Waals surface area contributed by atoms with Crippen molar-refractivity contribution in [2.75, 3.05) is 0 Å². The monoisotopic (exact) mass is 221 g/mol. The fourth-order valence-electron chi connectivity index (χ4n) is 1.02. The number of hydrogen-bond acceptors (Lipinski definition) is 3. The smallest absolute Gasteiger partial charge is 0.271 e. The molecule has 0 bridgehead atoms. The number of alkyl halides is 3. The van der Waals surface area contributed by atoms with E-state index < -0.39 is 11.4 Å². The van der Waals surface area contributed by atoms with Gasteiger partial charge in [-0.05, 0) is 29.7 Å². The van der Waals surface area contributed by atoms with E-state index >= 15 is 0 Å². The maximum Gasteiger partial charge on any atom is 0.338 e. The number of rotatable bonds is 4. The molecule has 0 aliphatic carbocycles. The highest BCUT2D eigenvalue weighted by Crippen LogP contribution is 2.25. The second kappa shape index (κ2) is 4.63. The van der Waals surface area contributed by atoms with Crippen molar-refractivity contribution in [2.24, 2.45) is 5.84 Å². The lowest BCUT2D eigenvalue weighted by Crippen LogP contribution is -2.46. The van der Waals surface area contributed by atoms with Crippen molar-refractivity contribution in [3.63, 3.8) is 0 Å². The summed E-state index contributed by atoms with van der Waals surface area (Å²) in [4.78, 5) is 3.80. The Morgan fingerprint density at radius 1 is 1.64 bits per heavy atom. The van der Waals surface area contributed by atoms with Crippen LogP contribution in [-0.4, -0.2) is 16.4 Å². The fraction of sp³-hybridized carbons (Fsp3) is 0.375. The summed E-state index contributed by atoms with van der Waals surface area (Å²) >= 11 is 4.85. The highest BCUT2D eigenvalue weighted by atomic mass is 35.5. The van der Waals surface area contributed by atoms with Crippen LogP contribution in [0.25, 0.3) is 0 Å². The number of hydrogen-bond donors (Lipinski definition) is 2. The highest BCUT2D eigenvalue weighted by Gasteiger charge is 2.36. The molecule has 0 saturated carbocycles. The van der Waals surface area contributed by atoms with Crippen molar-refractivity contribution in [1.82, 2.24) is 10.4 Å². The third-order valence-electron chi connectivity index (χ3n) is 1.76. The van der Waals surface area contributed by atoms with Crippen molar-refractivity contribution < 1.29 is 8.78 Å². The topological polar surface area (TPSA) is 50.9 Å². The first-order chi connectivity index (χ1) is 6.54. The van der Waals surface area contributed by atoms with Crippen LogP contribution in [0, 0.1) is 0 Å². The van der Waals surface area contributed by atoms with Crippen molar-refractivity contribution >= 4 is 11.6 Å². The SMILES string of the molecule is NNC(Cc1cccnc1)C(F)(F)Cl. The van der Waals surface area contributed by atoms with Gasteiger partial charge in [0.05, 0.1) is 0 Å². The molecule has 0 saturated heterocycles. The summed E-state index contributed by atoms with van der Waals surface area (Å²) in [6, 6.07) is 2.04. The van der Waals surface area contributed by atoms with Gasteiger partial charge in [-0.2, -0.15) is 8.78 Å². The first-order valence-corrected chi connectivity index (χ1v) is 4.33. The normalized spacial score (nSPS) is 14.0. The van der Waals surface area contributed by atoms with Crippen LogP contribution in [0.15, 0.2) is 24.5 Å². The molecule has 14 heavy (non-hydrogen) atoms. The molecule has 3 N–H and O–H groups in total. The van der Waals surface area contributed by atoms with Gasteiger partial charge in [-0.15, -0.1) is 0 Å². The Morgan fingerprint density at radius 3 is 2.79 bits per heavy atom. The molecule has 0 aromatic carbocycles. The van der Waals surface area contributed by atoms with Gasteiger partial charge >= 0.3 is 5.38 Å². The lowest BCUT2D eigenvalue weighted by molar-refractivity contribution is 0.0502. The van der Waals surface area contributed by atoms with Crippen LogP contribution in [0.2, 0.25) is 0 Å². The maximum absolute atomic E-state index is 12.7. The number of hydrazine groups is 1. The second-order valence-electron chi connectivity index (χ2n) is 2.83. The van der Waals surface area contributed by atoms with Crippen molar-refractivity contribution in [3.8, 4) is 0 Å². The zero-order chi connectivity index (χ0) is 10.6. The van der Waals surface area contributed by atoms with Gasteiger partial charge in [-0.25, -0.2) is 5.43 Å². The minimum Gasteiger partial charge on any atom is -0.271 e. The minimum absolute atomic E-state index is 0.0286. The van der Waals surface area contributed by atoms with E-state index in [4.69, 9.17) is 17.4 Å². The van der Waals surface area contributed by atoms with E-state index in [-0.39, 0.29) is 6.42 Å². The van der Waals surface area contributed by atoms with Gasteiger partial charge in [0, 0.05) is 12.4 Å². The van der Waals surface area contributed by atoms with Gasteiger partial charge in [0.1, 0.15) is 6.04 Å². The van der Waals surface area contributed by atoms with E-state index in [0.717, 1.165) is 0 Å². The molecule has 1 aromatic heterocycles. The van der Waals surface area contributed by atoms with E-state index in [0.29, 0.717) is 5.56 Å². The Morgan fingerprint density at radius 2 is 2.36 bits per heavy atom. The summed E-state index contributed by atoms with van der Waals surface area (Å²) < 4.78 is 25.4. The maximum atomic E-state index is 12.7. The summed E-state index contributed by atoms with van der Waals surface area (Å²) in [7, 11) is 0. The molecular weight excluding hydrogens is 212 g/mol. The van der Waals surface area contributed by atoms with E-state index in [2.05, 4.69) is 4.98 Å². The molecule has 1 atom stereocenters. The molecule has 0 fully saturated rings. The minimum atomic E-state index is -3.37. The molecule has 1 aromatic rings. The summed E-state index contributed by atoms with van der Waals surface area (Å²) in [5, 5.41) is -3.37. The number of nitrogens with two attached hydrogens (primary N) is 1. The standard InChI is InChI=1S/C8H10ClF2N3/c9-8(10,11)7(14-12)4-6-2-1-3-13-5-6/h1-3,5,7,14H,4,12H2. The Kier molecular flexibility index (Phi) is 3.74. The Hall–Kier alpha value is -0.780. The molecule has 0 radical (unpaired) electrons. The zero-order valence-electron chi connectivity index (χ0n) is 7.25. The molecule has 0 spiro atoms. The average Bonchev–Trinajstić information content (AvgIpc) is 2.14. The van der Waals surface area contributed by atoms with Crippen LogP contribution >= 0.6 is 11.6 Å². The largest absolute Gasteiger partial charge is 0.338 e. The van der Waals surface area contributed by atoms with Crippen molar-refractivity contribution in [3.05, 3.63) is 30.1 Å². The van der Waals surface area contributed by atoms with Crippen LogP contribution in [0.5, 0.6) is 0 Å². The first-order valence-electron chi connectivity index (χ1n) is 3.96. The third-order valence-corrected chi connectivity index (χ3v) is 2.02. The van der Waals surface area contributed by atoms with Gasteiger partial charge in [-0.1, -0.05) is 6.07 Å². The molecule has 6 heteroatoms. The summed E-state index contributed by atoms with van der Waals surface area (Å²) in [5.74, 6) is 4.97. The molecule has 0 aliphatic rings. The number of aromatic nitrogens is 1. The number of nitrogens with one attached hydrogen (secondary N) is 1. The molecule has 1 heterocycles. The zero-order valence-corrected chi connectivity index (χ0v) is 8.01. The van der Waals surface area contributed by atoms with Gasteiger partial charge < -0.3 is 0 Å². The van der Waals surface area contributed by atoms with Crippen LogP contribution in [0.4, 0.5) is 8.78 Å². The summed E-state index contributed by atoms with van der Waals surface area (Å²) in [6.07, 6.45) is 3.08. The van der Waals surface area contributed by atoms with Crippen molar-refractivity contribution in [1.29, 1.82) is 0 Å². The lowest BCUT2D eigenvalue weighted by Gasteiger charge is -2.20. The van der Waals surface area contributed by atoms with E-state index in [1.54, 1.807) is 18.3 Å². The Bertz CT molecular complexity index is 276. The fourth-order valence-corrected chi connectivity index (χ4v) is 1.16. The van der Waals surface area contributed by atoms with E-state index in [1.807, 2.05) is 5.43 Å². The highest BCUT2D eigenvalue weighted by molar-refractivity contribution is 6.22. The molecule has 0 amide bonds. The summed E-state index contributed by atoms with van der Waals surface area (Å²) in [5.41, 5.74) is 2.63. The molecular formula is C8H10ClF2N3. The Balaban J connectivity index is 2.67. The first kappa shape index (κ1) is 11.3. The van der Waals surface area contributed by atoms with E-state index in [9.17, 15) is 8.78 Å². The van der Waals surface area contributed by atoms with Gasteiger partial charge in [0.2, 0.25) is 0 Å². The van der Waals surface area contributed by atoms with Crippen LogP contribution in [0.3, 0.4) is 0 Å². The Labute approximate surface area is 85.2 Å². The second-order valence-corrected chi connectivity index (χ2v) is 3.33. The van der Waals surface area contributed by atoms with Crippen LogP contribution in [0.1, 0.15) is 5.56 Å². The van der Waals surface area contributed by atoms with E-state index in [1.165, 1.54) is 6.20 Å².